The number of fused-ring (bicyclic) bond motifs is 2. The number of carbonyl (C=O) groups is 2. The van der Waals surface area contributed by atoms with Gasteiger partial charge < -0.3 is 0 Å². The summed E-state index contributed by atoms with van der Waals surface area (Å²) in [6.07, 6.45) is 1.67. The summed E-state index contributed by atoms with van der Waals surface area (Å²) in [4.78, 5) is 24.7. The molecule has 0 aliphatic carbocycles. The van der Waals surface area contributed by atoms with Gasteiger partial charge in [0.1, 0.15) is 0 Å². The van der Waals surface area contributed by atoms with Gasteiger partial charge in [-0.1, -0.05) is 84.9 Å². The zero-order chi connectivity index (χ0) is 20.2. The molecule has 0 heterocycles. The van der Waals surface area contributed by atoms with Gasteiger partial charge in [-0.15, -0.1) is 0 Å². The predicted molar refractivity (Wildman–Crippen MR) is 124 cm³/mol. The third-order valence-electron chi connectivity index (χ3n) is 6.18. The van der Waals surface area contributed by atoms with E-state index in [0.717, 1.165) is 66.8 Å². The minimum atomic E-state index is 0.451. The summed E-state index contributed by atoms with van der Waals surface area (Å²) in [6, 6.07) is 28.5. The van der Waals surface area contributed by atoms with Gasteiger partial charge in [0.15, 0.2) is 12.6 Å². The molecule has 0 N–H and O–H groups in total. The summed E-state index contributed by atoms with van der Waals surface area (Å²) in [5.41, 5.74) is 2.67. The molecule has 6 rings (SSSR count). The number of hydrogen-bond donors (Lipinski definition) is 0. The fraction of sp³-hybridized carbons (Fsp3) is 0. The molecule has 6 aromatic rings. The molecular formula is C28H16O2. The van der Waals surface area contributed by atoms with Crippen LogP contribution in [0.3, 0.4) is 0 Å². The Kier molecular flexibility index (Phi) is 3.50. The molecule has 0 aliphatic rings. The fourth-order valence-electron chi connectivity index (χ4n) is 5.02. The highest BCUT2D eigenvalue weighted by Gasteiger charge is 2.22. The maximum Gasteiger partial charge on any atom is 0.151 e. The molecule has 0 saturated carbocycles. The number of benzene rings is 6. The monoisotopic (exact) mass is 384 g/mol. The van der Waals surface area contributed by atoms with Crippen LogP contribution in [0, 0.1) is 0 Å². The number of aldehydes is 2. The lowest BCUT2D eigenvalue weighted by atomic mass is 9.82. The van der Waals surface area contributed by atoms with Crippen molar-refractivity contribution in [2.75, 3.05) is 0 Å². The van der Waals surface area contributed by atoms with Crippen LogP contribution >= 0.6 is 0 Å². The lowest BCUT2D eigenvalue weighted by molar-refractivity contribution is 0.109. The molecule has 2 nitrogen and oxygen atoms in total. The predicted octanol–water partition coefficient (Wildman–Crippen LogP) is 7.03. The lowest BCUT2D eigenvalue weighted by Crippen LogP contribution is -2.00. The first-order valence-electron chi connectivity index (χ1n) is 9.94. The summed E-state index contributed by atoms with van der Waals surface area (Å²) in [7, 11) is 0. The van der Waals surface area contributed by atoms with Crippen LogP contribution in [-0.4, -0.2) is 12.6 Å². The van der Waals surface area contributed by atoms with Crippen molar-refractivity contribution in [3.8, 4) is 11.1 Å². The average Bonchev–Trinajstić information content (AvgIpc) is 2.81. The third-order valence-corrected chi connectivity index (χ3v) is 6.18. The van der Waals surface area contributed by atoms with Crippen LogP contribution in [0.5, 0.6) is 0 Å². The number of carbonyl (C=O) groups excluding carboxylic acids is 2. The van der Waals surface area contributed by atoms with E-state index in [2.05, 4.69) is 42.5 Å². The molecular weight excluding hydrogens is 368 g/mol. The van der Waals surface area contributed by atoms with Gasteiger partial charge in [-0.2, -0.15) is 0 Å². The Balaban J connectivity index is 2.02. The molecule has 0 radical (unpaired) electrons. The zero-order valence-corrected chi connectivity index (χ0v) is 16.1. The second kappa shape index (κ2) is 6.23. The summed E-state index contributed by atoms with van der Waals surface area (Å²) in [6.45, 7) is 0. The van der Waals surface area contributed by atoms with Gasteiger partial charge in [-0.25, -0.2) is 0 Å². The second-order valence-electron chi connectivity index (χ2n) is 7.62. The SMILES string of the molecule is O=Cc1c(-c2ccccc2)c2cccc3c4cccc5cccc(c(c1C=O)c23)c54. The van der Waals surface area contributed by atoms with Crippen LogP contribution in [0.1, 0.15) is 20.7 Å². The van der Waals surface area contributed by atoms with Gasteiger partial charge in [0.25, 0.3) is 0 Å². The van der Waals surface area contributed by atoms with E-state index in [1.807, 2.05) is 42.5 Å². The summed E-state index contributed by atoms with van der Waals surface area (Å²) in [5, 5.41) is 8.43. The van der Waals surface area contributed by atoms with Gasteiger partial charge in [-0.05, 0) is 43.3 Å². The van der Waals surface area contributed by atoms with Gasteiger partial charge in [0.2, 0.25) is 0 Å². The van der Waals surface area contributed by atoms with Gasteiger partial charge in [-0.3, -0.25) is 9.59 Å². The van der Waals surface area contributed by atoms with E-state index in [-0.39, 0.29) is 0 Å². The maximum atomic E-state index is 12.4. The molecule has 0 aliphatic heterocycles. The first-order valence-corrected chi connectivity index (χ1v) is 9.94. The standard InChI is InChI=1S/C28H16O2/c29-15-23-24(16-30)28-21-13-5-10-18-9-4-11-19(25(18)21)20-12-6-14-22(27(20)28)26(23)17-7-2-1-3-8-17/h1-16H. The van der Waals surface area contributed by atoms with Crippen LogP contribution in [0.2, 0.25) is 0 Å². The lowest BCUT2D eigenvalue weighted by Gasteiger charge is -2.20. The van der Waals surface area contributed by atoms with E-state index in [9.17, 15) is 9.59 Å². The van der Waals surface area contributed by atoms with Gasteiger partial charge >= 0.3 is 0 Å². The van der Waals surface area contributed by atoms with Crippen LogP contribution in [0.15, 0.2) is 84.9 Å². The normalized spacial score (nSPS) is 11.6. The first kappa shape index (κ1) is 16.9. The van der Waals surface area contributed by atoms with E-state index in [0.29, 0.717) is 11.1 Å². The van der Waals surface area contributed by atoms with Crippen molar-refractivity contribution < 1.29 is 9.59 Å². The molecule has 0 atom stereocenters. The van der Waals surface area contributed by atoms with Gasteiger partial charge in [0.05, 0.1) is 0 Å². The maximum absolute atomic E-state index is 12.4. The van der Waals surface area contributed by atoms with Crippen molar-refractivity contribution in [3.05, 3.63) is 96.1 Å². The van der Waals surface area contributed by atoms with Crippen molar-refractivity contribution in [1.82, 2.24) is 0 Å². The Morgan fingerprint density at radius 1 is 0.467 bits per heavy atom. The Labute approximate surface area is 172 Å². The van der Waals surface area contributed by atoms with Crippen molar-refractivity contribution in [2.24, 2.45) is 0 Å². The van der Waals surface area contributed by atoms with Gasteiger partial charge in [0, 0.05) is 22.1 Å². The van der Waals surface area contributed by atoms with Crippen molar-refractivity contribution >= 4 is 55.7 Å². The van der Waals surface area contributed by atoms with Crippen molar-refractivity contribution in [1.29, 1.82) is 0 Å². The molecule has 6 aromatic carbocycles. The zero-order valence-electron chi connectivity index (χ0n) is 16.1. The average molecular weight is 384 g/mol. The number of rotatable bonds is 3. The third kappa shape index (κ3) is 2.08. The summed E-state index contributed by atoms with van der Waals surface area (Å²) < 4.78 is 0. The largest absolute Gasteiger partial charge is 0.298 e. The molecule has 0 fully saturated rings. The molecule has 0 bridgehead atoms. The number of hydrogen-bond acceptors (Lipinski definition) is 2. The molecule has 0 saturated heterocycles. The molecule has 0 amide bonds. The smallest absolute Gasteiger partial charge is 0.151 e. The highest BCUT2D eigenvalue weighted by Crippen LogP contribution is 2.45. The Bertz CT molecular complexity index is 1610. The first-order chi connectivity index (χ1) is 14.8. The molecule has 140 valence electrons. The molecule has 30 heavy (non-hydrogen) atoms. The van der Waals surface area contributed by atoms with Crippen molar-refractivity contribution in [2.45, 2.75) is 0 Å². The van der Waals surface area contributed by atoms with Crippen LogP contribution in [0.25, 0.3) is 54.2 Å². The Morgan fingerprint density at radius 3 is 1.77 bits per heavy atom. The van der Waals surface area contributed by atoms with E-state index >= 15 is 0 Å². The van der Waals surface area contributed by atoms with E-state index in [1.165, 1.54) is 0 Å². The summed E-state index contributed by atoms with van der Waals surface area (Å²) in [5.74, 6) is 0. The molecule has 0 aromatic heterocycles. The van der Waals surface area contributed by atoms with Crippen LogP contribution in [-0.2, 0) is 0 Å². The van der Waals surface area contributed by atoms with E-state index in [4.69, 9.17) is 0 Å². The fourth-order valence-corrected chi connectivity index (χ4v) is 5.02. The molecule has 0 spiro atoms. The molecule has 0 unspecified atom stereocenters. The highest BCUT2D eigenvalue weighted by atomic mass is 16.1. The minimum Gasteiger partial charge on any atom is -0.298 e. The van der Waals surface area contributed by atoms with Crippen LogP contribution < -0.4 is 0 Å². The van der Waals surface area contributed by atoms with Crippen LogP contribution in [0.4, 0.5) is 0 Å². The minimum absolute atomic E-state index is 0.451. The van der Waals surface area contributed by atoms with E-state index < -0.39 is 0 Å². The van der Waals surface area contributed by atoms with E-state index in [1.54, 1.807) is 0 Å². The highest BCUT2D eigenvalue weighted by molar-refractivity contribution is 6.37. The van der Waals surface area contributed by atoms with Crippen molar-refractivity contribution in [3.63, 3.8) is 0 Å². The topological polar surface area (TPSA) is 34.1 Å². The Hall–Kier alpha value is -4.04. The molecule has 2 heteroatoms. The quantitative estimate of drug-likeness (QED) is 0.186. The second-order valence-corrected chi connectivity index (χ2v) is 7.62. The Morgan fingerprint density at radius 2 is 1.07 bits per heavy atom. The summed E-state index contributed by atoms with van der Waals surface area (Å²) >= 11 is 0.